The number of rotatable bonds is 7. The molecule has 0 aliphatic heterocycles. The van der Waals surface area contributed by atoms with E-state index in [1.54, 1.807) is 4.90 Å². The van der Waals surface area contributed by atoms with Crippen LogP contribution >= 0.6 is 15.9 Å². The van der Waals surface area contributed by atoms with Crippen LogP contribution in [0.2, 0.25) is 0 Å². The predicted octanol–water partition coefficient (Wildman–Crippen LogP) is 1.54. The minimum atomic E-state index is -2.98. The van der Waals surface area contributed by atoms with Gasteiger partial charge in [0.2, 0.25) is 0 Å². The molecule has 1 rings (SSSR count). The van der Waals surface area contributed by atoms with Gasteiger partial charge in [-0.1, -0.05) is 6.92 Å². The molecule has 0 saturated carbocycles. The average Bonchev–Trinajstić information content (AvgIpc) is 2.34. The molecule has 19 heavy (non-hydrogen) atoms. The third-order valence-corrected chi connectivity index (χ3v) is 4.13. The van der Waals surface area contributed by atoms with Crippen LogP contribution in [0.4, 0.5) is 11.6 Å². The Balaban J connectivity index is 2.82. The van der Waals surface area contributed by atoms with Gasteiger partial charge in [-0.15, -0.1) is 0 Å². The highest BCUT2D eigenvalue weighted by atomic mass is 79.9. The monoisotopic (exact) mass is 350 g/mol. The van der Waals surface area contributed by atoms with Crippen LogP contribution in [0.25, 0.3) is 0 Å². The first-order valence-electron chi connectivity index (χ1n) is 5.98. The summed E-state index contributed by atoms with van der Waals surface area (Å²) in [4.78, 5) is 10.1. The maximum Gasteiger partial charge on any atom is 0.149 e. The molecule has 0 atom stereocenters. The Bertz CT molecular complexity index is 521. The Hall–Kier alpha value is -0.890. The third kappa shape index (κ3) is 5.32. The fourth-order valence-corrected chi connectivity index (χ4v) is 2.66. The van der Waals surface area contributed by atoms with E-state index in [-0.39, 0.29) is 5.75 Å². The van der Waals surface area contributed by atoms with E-state index in [2.05, 4.69) is 38.1 Å². The number of hydrogen-bond donors (Lipinski definition) is 1. The van der Waals surface area contributed by atoms with Gasteiger partial charge in [0.15, 0.2) is 0 Å². The van der Waals surface area contributed by atoms with Crippen LogP contribution in [0, 0.1) is 0 Å². The first kappa shape index (κ1) is 16.2. The van der Waals surface area contributed by atoms with Crippen LogP contribution < -0.4 is 10.2 Å². The van der Waals surface area contributed by atoms with Gasteiger partial charge < -0.3 is 10.2 Å². The van der Waals surface area contributed by atoms with E-state index < -0.39 is 9.84 Å². The Morgan fingerprint density at radius 3 is 2.68 bits per heavy atom. The molecule has 0 aliphatic carbocycles. The lowest BCUT2D eigenvalue weighted by atomic mass is 10.4. The summed E-state index contributed by atoms with van der Waals surface area (Å²) in [5, 5.41) is 3.19. The van der Waals surface area contributed by atoms with Gasteiger partial charge in [-0.05, 0) is 22.4 Å². The van der Waals surface area contributed by atoms with Crippen molar-refractivity contribution in [3.05, 3.63) is 10.8 Å². The zero-order valence-corrected chi connectivity index (χ0v) is 13.8. The molecule has 0 fully saturated rings. The van der Waals surface area contributed by atoms with Crippen LogP contribution in [-0.4, -0.2) is 50.5 Å². The topological polar surface area (TPSA) is 75.2 Å². The molecule has 0 saturated heterocycles. The van der Waals surface area contributed by atoms with E-state index in [1.807, 2.05) is 7.05 Å². The van der Waals surface area contributed by atoms with Crippen molar-refractivity contribution >= 4 is 37.4 Å². The Kier molecular flexibility index (Phi) is 5.99. The fourth-order valence-electron chi connectivity index (χ4n) is 1.40. The molecule has 0 unspecified atom stereocenters. The van der Waals surface area contributed by atoms with Crippen LogP contribution in [0.15, 0.2) is 10.8 Å². The van der Waals surface area contributed by atoms with Gasteiger partial charge >= 0.3 is 0 Å². The van der Waals surface area contributed by atoms with E-state index in [0.717, 1.165) is 23.3 Å². The lowest BCUT2D eigenvalue weighted by Gasteiger charge is -2.20. The summed E-state index contributed by atoms with van der Waals surface area (Å²) >= 11 is 3.45. The van der Waals surface area contributed by atoms with Crippen LogP contribution in [-0.2, 0) is 9.84 Å². The molecule has 108 valence electrons. The van der Waals surface area contributed by atoms with E-state index in [9.17, 15) is 8.42 Å². The summed E-state index contributed by atoms with van der Waals surface area (Å²) in [6, 6.07) is 0. The SMILES string of the molecule is CCCNc1ncnc(N(C)CCS(C)(=O)=O)c1Br. The molecule has 0 radical (unpaired) electrons. The number of anilines is 2. The van der Waals surface area contributed by atoms with Gasteiger partial charge in [-0.2, -0.15) is 0 Å². The summed E-state index contributed by atoms with van der Waals surface area (Å²) in [5.74, 6) is 1.49. The highest BCUT2D eigenvalue weighted by molar-refractivity contribution is 9.10. The number of nitrogens with one attached hydrogen (secondary N) is 1. The molecule has 0 aromatic carbocycles. The predicted molar refractivity (Wildman–Crippen MR) is 81.5 cm³/mol. The molecule has 0 spiro atoms. The lowest BCUT2D eigenvalue weighted by Crippen LogP contribution is -2.26. The third-order valence-electron chi connectivity index (χ3n) is 2.47. The first-order valence-corrected chi connectivity index (χ1v) is 8.83. The molecular weight excluding hydrogens is 332 g/mol. The molecule has 6 nitrogen and oxygen atoms in total. The van der Waals surface area contributed by atoms with Crippen molar-refractivity contribution in [3.8, 4) is 0 Å². The molecule has 0 aliphatic rings. The first-order chi connectivity index (χ1) is 8.85. The molecule has 1 N–H and O–H groups in total. The second kappa shape index (κ2) is 7.04. The molecule has 0 amide bonds. The van der Waals surface area contributed by atoms with E-state index >= 15 is 0 Å². The quantitative estimate of drug-likeness (QED) is 0.803. The van der Waals surface area contributed by atoms with Gasteiger partial charge in [0.25, 0.3) is 0 Å². The summed E-state index contributed by atoms with van der Waals surface area (Å²) in [6.45, 7) is 3.28. The standard InChI is InChI=1S/C11H19BrN4O2S/c1-4-5-13-10-9(12)11(15-8-14-10)16(2)6-7-19(3,17)18/h8H,4-7H2,1-3H3,(H,13,14,15). The fraction of sp³-hybridized carbons (Fsp3) is 0.636. The van der Waals surface area contributed by atoms with Crippen molar-refractivity contribution in [2.75, 3.05) is 42.4 Å². The van der Waals surface area contributed by atoms with Crippen molar-refractivity contribution in [3.63, 3.8) is 0 Å². The van der Waals surface area contributed by atoms with E-state index in [4.69, 9.17) is 0 Å². The van der Waals surface area contributed by atoms with Crippen molar-refractivity contribution in [2.45, 2.75) is 13.3 Å². The van der Waals surface area contributed by atoms with E-state index in [1.165, 1.54) is 12.6 Å². The van der Waals surface area contributed by atoms with Gasteiger partial charge in [0.05, 0.1) is 5.75 Å². The highest BCUT2D eigenvalue weighted by Crippen LogP contribution is 2.28. The van der Waals surface area contributed by atoms with Gasteiger partial charge in [-0.3, -0.25) is 0 Å². The summed E-state index contributed by atoms with van der Waals surface area (Å²) in [5.41, 5.74) is 0. The minimum absolute atomic E-state index is 0.0949. The normalized spacial score (nSPS) is 11.4. The number of sulfone groups is 1. The molecule has 1 aromatic rings. The summed E-state index contributed by atoms with van der Waals surface area (Å²) < 4.78 is 23.1. The highest BCUT2D eigenvalue weighted by Gasteiger charge is 2.13. The zero-order chi connectivity index (χ0) is 14.5. The second-order valence-corrected chi connectivity index (χ2v) is 7.39. The molecule has 8 heteroatoms. The van der Waals surface area contributed by atoms with Gasteiger partial charge in [0, 0.05) is 26.4 Å². The average molecular weight is 351 g/mol. The maximum atomic E-state index is 11.2. The van der Waals surface area contributed by atoms with Gasteiger partial charge in [0.1, 0.15) is 32.3 Å². The number of aromatic nitrogens is 2. The number of hydrogen-bond acceptors (Lipinski definition) is 6. The van der Waals surface area contributed by atoms with Crippen molar-refractivity contribution in [1.29, 1.82) is 0 Å². The summed E-state index contributed by atoms with van der Waals surface area (Å²) in [7, 11) is -1.17. The lowest BCUT2D eigenvalue weighted by molar-refractivity contribution is 0.601. The summed E-state index contributed by atoms with van der Waals surface area (Å²) in [6.07, 6.45) is 3.69. The smallest absolute Gasteiger partial charge is 0.149 e. The Morgan fingerprint density at radius 2 is 2.11 bits per heavy atom. The number of halogens is 1. The molecule has 1 aromatic heterocycles. The zero-order valence-electron chi connectivity index (χ0n) is 11.4. The minimum Gasteiger partial charge on any atom is -0.369 e. The Labute approximate surface area is 122 Å². The maximum absolute atomic E-state index is 11.2. The van der Waals surface area contributed by atoms with Crippen molar-refractivity contribution in [2.24, 2.45) is 0 Å². The number of nitrogens with zero attached hydrogens (tertiary/aromatic N) is 3. The van der Waals surface area contributed by atoms with Crippen LogP contribution in [0.1, 0.15) is 13.3 Å². The van der Waals surface area contributed by atoms with Crippen molar-refractivity contribution in [1.82, 2.24) is 9.97 Å². The van der Waals surface area contributed by atoms with Crippen LogP contribution in [0.3, 0.4) is 0 Å². The van der Waals surface area contributed by atoms with Crippen molar-refractivity contribution < 1.29 is 8.42 Å². The van der Waals surface area contributed by atoms with Crippen LogP contribution in [0.5, 0.6) is 0 Å². The van der Waals surface area contributed by atoms with E-state index in [0.29, 0.717) is 12.4 Å². The molecule has 0 bridgehead atoms. The largest absolute Gasteiger partial charge is 0.369 e. The molecule has 1 heterocycles. The Morgan fingerprint density at radius 1 is 1.42 bits per heavy atom. The van der Waals surface area contributed by atoms with Gasteiger partial charge in [-0.25, -0.2) is 18.4 Å². The molecular formula is C11H19BrN4O2S. The second-order valence-electron chi connectivity index (χ2n) is 4.34.